The average molecular weight is 412 g/mol. The fraction of sp³-hybridized carbons (Fsp3) is 0.650. The molecule has 0 bridgehead atoms. The molecule has 1 saturated heterocycles. The fourth-order valence-electron chi connectivity index (χ4n) is 4.16. The largest absolute Gasteiger partial charge is 0.339 e. The van der Waals surface area contributed by atoms with Crippen LogP contribution in [0.25, 0.3) is 0 Å². The second-order valence-electron chi connectivity index (χ2n) is 7.94. The van der Waals surface area contributed by atoms with Crippen LogP contribution in [0.1, 0.15) is 39.5 Å². The molecule has 0 radical (unpaired) electrons. The number of benzene rings is 1. The number of hydrogen-bond acceptors (Lipinski definition) is 4. The smallest absolute Gasteiger partial charge is 0.243 e. The fourth-order valence-corrected chi connectivity index (χ4v) is 5.58. The van der Waals surface area contributed by atoms with Gasteiger partial charge in [0, 0.05) is 38.3 Å². The Morgan fingerprint density at radius 3 is 2.21 bits per heavy atom. The molecule has 1 heterocycles. The molecule has 1 aromatic rings. The van der Waals surface area contributed by atoms with Gasteiger partial charge in [-0.2, -0.15) is 4.31 Å². The Kier molecular flexibility index (Phi) is 6.73. The minimum absolute atomic E-state index is 0.0689. The van der Waals surface area contributed by atoms with Crippen molar-refractivity contribution < 1.29 is 17.6 Å². The number of carbonyl (C=O) groups is 1. The Labute approximate surface area is 167 Å². The molecule has 1 aliphatic heterocycles. The molecular formula is C20H30FN3O3S. The van der Waals surface area contributed by atoms with Crippen LogP contribution in [0, 0.1) is 5.82 Å². The van der Waals surface area contributed by atoms with Gasteiger partial charge in [-0.05, 0) is 51.0 Å². The molecule has 1 aromatic carbocycles. The van der Waals surface area contributed by atoms with E-state index in [0.717, 1.165) is 25.0 Å². The third-order valence-electron chi connectivity index (χ3n) is 5.82. The summed E-state index contributed by atoms with van der Waals surface area (Å²) in [7, 11) is -3.66. The second kappa shape index (κ2) is 8.88. The lowest BCUT2D eigenvalue weighted by Crippen LogP contribution is -2.54. The van der Waals surface area contributed by atoms with Crippen molar-refractivity contribution in [3.63, 3.8) is 0 Å². The zero-order valence-electron chi connectivity index (χ0n) is 16.7. The molecule has 6 nitrogen and oxygen atoms in total. The van der Waals surface area contributed by atoms with Crippen molar-refractivity contribution >= 4 is 15.9 Å². The number of nitrogens with zero attached hydrogens (tertiary/aromatic N) is 3. The van der Waals surface area contributed by atoms with Gasteiger partial charge < -0.3 is 4.90 Å². The summed E-state index contributed by atoms with van der Waals surface area (Å²) < 4.78 is 39.9. The highest BCUT2D eigenvalue weighted by molar-refractivity contribution is 7.89. The lowest BCUT2D eigenvalue weighted by molar-refractivity contribution is -0.134. The number of halogens is 1. The monoisotopic (exact) mass is 411 g/mol. The van der Waals surface area contributed by atoms with Gasteiger partial charge in [-0.15, -0.1) is 0 Å². The Hall–Kier alpha value is -1.51. The number of carbonyl (C=O) groups excluding carboxylic acids is 1. The maximum absolute atomic E-state index is 13.1. The third kappa shape index (κ3) is 4.72. The van der Waals surface area contributed by atoms with Gasteiger partial charge in [0.05, 0.1) is 11.4 Å². The first-order valence-corrected chi connectivity index (χ1v) is 11.5. The SMILES string of the molecule is CC(C)N(CC(=O)N1CCN(S(=O)(=O)c2ccc(F)cc2)CC1)C1CCCC1. The van der Waals surface area contributed by atoms with E-state index in [2.05, 4.69) is 18.7 Å². The lowest BCUT2D eigenvalue weighted by Gasteiger charge is -2.37. The maximum atomic E-state index is 13.1. The van der Waals surface area contributed by atoms with Crippen LogP contribution in [-0.4, -0.2) is 73.2 Å². The number of sulfonamides is 1. The van der Waals surface area contributed by atoms with Gasteiger partial charge in [-0.3, -0.25) is 9.69 Å². The van der Waals surface area contributed by atoms with E-state index in [4.69, 9.17) is 0 Å². The number of hydrogen-bond donors (Lipinski definition) is 0. The van der Waals surface area contributed by atoms with E-state index in [9.17, 15) is 17.6 Å². The quantitative estimate of drug-likeness (QED) is 0.721. The van der Waals surface area contributed by atoms with Gasteiger partial charge in [0.2, 0.25) is 15.9 Å². The molecule has 0 unspecified atom stereocenters. The molecule has 1 aliphatic carbocycles. The molecule has 1 amide bonds. The summed E-state index contributed by atoms with van der Waals surface area (Å²) in [5.41, 5.74) is 0. The highest BCUT2D eigenvalue weighted by Gasteiger charge is 2.32. The highest BCUT2D eigenvalue weighted by Crippen LogP contribution is 2.25. The van der Waals surface area contributed by atoms with E-state index < -0.39 is 15.8 Å². The van der Waals surface area contributed by atoms with E-state index in [1.807, 2.05) is 0 Å². The van der Waals surface area contributed by atoms with Gasteiger partial charge in [0.1, 0.15) is 5.82 Å². The number of rotatable bonds is 6. The van der Waals surface area contributed by atoms with Crippen LogP contribution in [-0.2, 0) is 14.8 Å². The van der Waals surface area contributed by atoms with E-state index in [1.54, 1.807) is 4.90 Å². The van der Waals surface area contributed by atoms with E-state index in [-0.39, 0.29) is 23.9 Å². The Morgan fingerprint density at radius 1 is 1.11 bits per heavy atom. The molecule has 0 aromatic heterocycles. The van der Waals surface area contributed by atoms with Crippen LogP contribution in [0.3, 0.4) is 0 Å². The predicted molar refractivity (Wildman–Crippen MR) is 106 cm³/mol. The molecule has 0 atom stereocenters. The van der Waals surface area contributed by atoms with Crippen LogP contribution < -0.4 is 0 Å². The van der Waals surface area contributed by atoms with Gasteiger partial charge in [0.25, 0.3) is 0 Å². The van der Waals surface area contributed by atoms with Crippen LogP contribution in [0.15, 0.2) is 29.2 Å². The van der Waals surface area contributed by atoms with Gasteiger partial charge in [-0.1, -0.05) is 12.8 Å². The molecule has 156 valence electrons. The van der Waals surface area contributed by atoms with Crippen molar-refractivity contribution in [1.29, 1.82) is 0 Å². The van der Waals surface area contributed by atoms with Crippen molar-refractivity contribution in [2.75, 3.05) is 32.7 Å². The topological polar surface area (TPSA) is 60.9 Å². The molecule has 0 spiro atoms. The van der Waals surface area contributed by atoms with Gasteiger partial charge in [0.15, 0.2) is 0 Å². The summed E-state index contributed by atoms with van der Waals surface area (Å²) in [6.07, 6.45) is 4.74. The van der Waals surface area contributed by atoms with Gasteiger partial charge in [-0.25, -0.2) is 12.8 Å². The zero-order valence-corrected chi connectivity index (χ0v) is 17.5. The van der Waals surface area contributed by atoms with E-state index >= 15 is 0 Å². The molecule has 1 saturated carbocycles. The van der Waals surface area contributed by atoms with E-state index in [0.29, 0.717) is 31.7 Å². The van der Waals surface area contributed by atoms with Crippen molar-refractivity contribution in [2.24, 2.45) is 0 Å². The first-order chi connectivity index (χ1) is 13.3. The third-order valence-corrected chi connectivity index (χ3v) is 7.73. The van der Waals surface area contributed by atoms with E-state index in [1.165, 1.54) is 29.3 Å². The molecule has 28 heavy (non-hydrogen) atoms. The summed E-state index contributed by atoms with van der Waals surface area (Å²) >= 11 is 0. The van der Waals surface area contributed by atoms with Crippen LogP contribution in [0.5, 0.6) is 0 Å². The normalized spacial score (nSPS) is 19.7. The average Bonchev–Trinajstić information content (AvgIpc) is 3.20. The number of amides is 1. The zero-order chi connectivity index (χ0) is 20.3. The van der Waals surface area contributed by atoms with Crippen LogP contribution >= 0.6 is 0 Å². The summed E-state index contributed by atoms with van der Waals surface area (Å²) in [5.74, 6) is -0.397. The minimum atomic E-state index is -3.66. The molecule has 0 N–H and O–H groups in total. The molecule has 8 heteroatoms. The highest BCUT2D eigenvalue weighted by atomic mass is 32.2. The summed E-state index contributed by atoms with van der Waals surface area (Å²) in [6, 6.07) is 5.65. The van der Waals surface area contributed by atoms with Gasteiger partial charge >= 0.3 is 0 Å². The number of piperazine rings is 1. The summed E-state index contributed by atoms with van der Waals surface area (Å²) in [6.45, 7) is 5.93. The van der Waals surface area contributed by atoms with Crippen molar-refractivity contribution in [3.05, 3.63) is 30.1 Å². The van der Waals surface area contributed by atoms with Crippen LogP contribution in [0.2, 0.25) is 0 Å². The minimum Gasteiger partial charge on any atom is -0.339 e. The standard InChI is InChI=1S/C20H30FN3O3S/c1-16(2)24(18-5-3-4-6-18)15-20(25)22-11-13-23(14-12-22)28(26,27)19-9-7-17(21)8-10-19/h7-10,16,18H,3-6,11-15H2,1-2H3. The Morgan fingerprint density at radius 2 is 1.68 bits per heavy atom. The first-order valence-electron chi connectivity index (χ1n) is 10.1. The Balaban J connectivity index is 1.58. The summed E-state index contributed by atoms with van der Waals surface area (Å²) in [5, 5.41) is 0. The van der Waals surface area contributed by atoms with Crippen molar-refractivity contribution in [2.45, 2.75) is 56.5 Å². The molecule has 2 aliphatic rings. The molecule has 3 rings (SSSR count). The predicted octanol–water partition coefficient (Wildman–Crippen LogP) is 2.31. The molecular weight excluding hydrogens is 381 g/mol. The van der Waals surface area contributed by atoms with Crippen molar-refractivity contribution in [3.8, 4) is 0 Å². The molecule has 2 fully saturated rings. The lowest BCUT2D eigenvalue weighted by atomic mass is 10.1. The first kappa shape index (κ1) is 21.2. The summed E-state index contributed by atoms with van der Waals surface area (Å²) in [4.78, 5) is 16.9. The van der Waals surface area contributed by atoms with Crippen LogP contribution in [0.4, 0.5) is 4.39 Å². The maximum Gasteiger partial charge on any atom is 0.243 e. The Bertz CT molecular complexity index is 768. The van der Waals surface area contributed by atoms with Crippen molar-refractivity contribution in [1.82, 2.24) is 14.1 Å². The second-order valence-corrected chi connectivity index (χ2v) is 9.88.